The maximum atomic E-state index is 11.2. The second-order valence-electron chi connectivity index (χ2n) is 11.8. The van der Waals surface area contributed by atoms with Gasteiger partial charge in [-0.25, -0.2) is 0 Å². The Balaban J connectivity index is 1.04. The average molecular weight is 603 g/mol. The topological polar surface area (TPSA) is 47.5 Å². The lowest BCUT2D eigenvalue weighted by molar-refractivity contribution is 0.477. The number of aromatic nitrogens is 1. The minimum Gasteiger partial charge on any atom is -0.507 e. The van der Waals surface area contributed by atoms with E-state index >= 15 is 0 Å². The third-order valence-corrected chi connectivity index (χ3v) is 8.92. The summed E-state index contributed by atoms with van der Waals surface area (Å²) in [7, 11) is 6.44. The quantitative estimate of drug-likeness (QED) is 0.199. The number of rotatable bonds is 5. The summed E-state index contributed by atoms with van der Waals surface area (Å²) in [6.07, 6.45) is 0. The van der Waals surface area contributed by atoms with E-state index in [9.17, 15) is 5.11 Å². The third-order valence-electron chi connectivity index (χ3n) is 8.92. The molecule has 0 saturated heterocycles. The van der Waals surface area contributed by atoms with Crippen LogP contribution in [0.15, 0.2) is 156 Å². The Kier molecular flexibility index (Phi) is 6.19. The van der Waals surface area contributed by atoms with Crippen LogP contribution in [0.3, 0.4) is 0 Å². The maximum Gasteiger partial charge on any atom is 0.135 e. The van der Waals surface area contributed by atoms with Gasteiger partial charge in [-0.05, 0) is 71.3 Å². The molecule has 2 radical (unpaired) electrons. The number of fused-ring (bicyclic) bond motifs is 6. The number of furan rings is 1. The molecule has 0 unspecified atom stereocenters. The van der Waals surface area contributed by atoms with Gasteiger partial charge in [-0.15, -0.1) is 0 Å². The number of hydrogen-bond acceptors (Lipinski definition) is 3. The molecule has 0 fully saturated rings. The van der Waals surface area contributed by atoms with Crippen molar-refractivity contribution >= 4 is 57.1 Å². The van der Waals surface area contributed by atoms with E-state index < -0.39 is 0 Å². The zero-order valence-electron chi connectivity index (χ0n) is 25.2. The number of nitrogens with zero attached hydrogens (tertiary/aromatic N) is 1. The van der Waals surface area contributed by atoms with Crippen molar-refractivity contribution in [2.24, 2.45) is 0 Å². The fraction of sp³-hybridized carbons (Fsp3) is 0. The Morgan fingerprint density at radius 3 is 2.00 bits per heavy atom. The molecule has 5 heteroatoms. The molecular formula is C42H26BNO3. The SMILES string of the molecule is [B]c1ccc(-n2c3ccccc3c3ccccc32)cc1Oc1cccc(-c2ccc(-c3ccc4oc5ccccc5c4c3)cc2O)c1. The zero-order chi connectivity index (χ0) is 31.5. The summed E-state index contributed by atoms with van der Waals surface area (Å²) in [6, 6.07) is 50.3. The monoisotopic (exact) mass is 603 g/mol. The Morgan fingerprint density at radius 2 is 1.21 bits per heavy atom. The standard InChI is InChI=1S/C42H26BNO3/c43-36-20-18-29(44-37-13-4-1-10-32(37)33-11-2-5-14-38(33)44)25-42(36)46-30-9-7-8-28(22-30)31-19-16-27(24-39(31)45)26-17-21-41-35(23-26)34-12-3-6-15-40(34)47-41/h1-25,45H. The predicted octanol–water partition coefficient (Wildman–Crippen LogP) is 10.3. The summed E-state index contributed by atoms with van der Waals surface area (Å²) in [6.45, 7) is 0. The number of ether oxygens (including phenoxy) is 1. The molecule has 0 aliphatic carbocycles. The van der Waals surface area contributed by atoms with Crippen molar-refractivity contribution < 1.29 is 14.3 Å². The highest BCUT2D eigenvalue weighted by Gasteiger charge is 2.15. The molecule has 9 aromatic rings. The molecular weight excluding hydrogens is 577 g/mol. The van der Waals surface area contributed by atoms with Crippen LogP contribution < -0.4 is 10.2 Å². The summed E-state index contributed by atoms with van der Waals surface area (Å²) in [5, 5.41) is 15.7. The second-order valence-corrected chi connectivity index (χ2v) is 11.8. The molecule has 0 aliphatic heterocycles. The summed E-state index contributed by atoms with van der Waals surface area (Å²) in [5.74, 6) is 1.36. The van der Waals surface area contributed by atoms with E-state index in [1.54, 1.807) is 6.07 Å². The molecule has 220 valence electrons. The van der Waals surface area contributed by atoms with Gasteiger partial charge in [0.05, 0.1) is 11.0 Å². The van der Waals surface area contributed by atoms with Crippen LogP contribution in [0.5, 0.6) is 17.2 Å². The molecule has 4 nitrogen and oxygen atoms in total. The fourth-order valence-corrected chi connectivity index (χ4v) is 6.67. The summed E-state index contributed by atoms with van der Waals surface area (Å²) in [5.41, 5.74) is 8.89. The first-order valence-corrected chi connectivity index (χ1v) is 15.5. The van der Waals surface area contributed by atoms with Gasteiger partial charge in [0.1, 0.15) is 36.3 Å². The van der Waals surface area contributed by atoms with Gasteiger partial charge in [-0.1, -0.05) is 96.5 Å². The molecule has 2 heterocycles. The molecule has 0 bridgehead atoms. The molecule has 0 aliphatic rings. The molecule has 0 atom stereocenters. The normalized spacial score (nSPS) is 11.6. The van der Waals surface area contributed by atoms with Crippen LogP contribution in [0.25, 0.3) is 71.7 Å². The first-order valence-electron chi connectivity index (χ1n) is 15.5. The van der Waals surface area contributed by atoms with Crippen molar-refractivity contribution in [1.29, 1.82) is 0 Å². The number of para-hydroxylation sites is 3. The molecule has 0 amide bonds. The molecule has 0 saturated carbocycles. The lowest BCUT2D eigenvalue weighted by Crippen LogP contribution is -2.08. The van der Waals surface area contributed by atoms with Gasteiger partial charge in [-0.2, -0.15) is 0 Å². The van der Waals surface area contributed by atoms with E-state index in [1.165, 1.54) is 10.8 Å². The lowest BCUT2D eigenvalue weighted by Gasteiger charge is -2.14. The Morgan fingerprint density at radius 1 is 0.532 bits per heavy atom. The Bertz CT molecular complexity index is 2600. The van der Waals surface area contributed by atoms with E-state index in [2.05, 4.69) is 65.2 Å². The van der Waals surface area contributed by atoms with Crippen LogP contribution in [-0.4, -0.2) is 17.5 Å². The van der Waals surface area contributed by atoms with Crippen molar-refractivity contribution in [2.45, 2.75) is 0 Å². The number of phenols is 1. The van der Waals surface area contributed by atoms with Crippen LogP contribution in [0, 0.1) is 0 Å². The average Bonchev–Trinajstić information content (AvgIpc) is 3.65. The van der Waals surface area contributed by atoms with Crippen molar-refractivity contribution in [3.8, 4) is 45.2 Å². The first kappa shape index (κ1) is 27.1. The van der Waals surface area contributed by atoms with Crippen LogP contribution >= 0.6 is 0 Å². The van der Waals surface area contributed by atoms with Crippen LogP contribution in [0.1, 0.15) is 0 Å². The highest BCUT2D eigenvalue weighted by atomic mass is 16.5. The number of aromatic hydroxyl groups is 1. The van der Waals surface area contributed by atoms with E-state index in [4.69, 9.17) is 17.0 Å². The largest absolute Gasteiger partial charge is 0.507 e. The maximum absolute atomic E-state index is 11.2. The van der Waals surface area contributed by atoms with Crippen LogP contribution in [0.4, 0.5) is 0 Å². The number of phenolic OH excluding ortho intramolecular Hbond substituents is 1. The van der Waals surface area contributed by atoms with E-state index in [0.29, 0.717) is 22.5 Å². The van der Waals surface area contributed by atoms with Gasteiger partial charge >= 0.3 is 0 Å². The highest BCUT2D eigenvalue weighted by Crippen LogP contribution is 2.38. The minimum atomic E-state index is 0.185. The Hall–Kier alpha value is -6.20. The second kappa shape index (κ2) is 10.7. The molecule has 0 spiro atoms. The van der Waals surface area contributed by atoms with Gasteiger partial charge in [-0.3, -0.25) is 0 Å². The van der Waals surface area contributed by atoms with Crippen molar-refractivity contribution in [2.75, 3.05) is 0 Å². The number of benzene rings is 7. The summed E-state index contributed by atoms with van der Waals surface area (Å²) in [4.78, 5) is 0. The van der Waals surface area contributed by atoms with Gasteiger partial charge in [0.15, 0.2) is 0 Å². The number of hydrogen-bond donors (Lipinski definition) is 1. The Labute approximate surface area is 272 Å². The first-order chi connectivity index (χ1) is 23.1. The third kappa shape index (κ3) is 4.55. The van der Waals surface area contributed by atoms with E-state index in [1.807, 2.05) is 84.9 Å². The minimum absolute atomic E-state index is 0.185. The fourth-order valence-electron chi connectivity index (χ4n) is 6.67. The van der Waals surface area contributed by atoms with Crippen LogP contribution in [-0.2, 0) is 0 Å². The molecule has 47 heavy (non-hydrogen) atoms. The lowest BCUT2D eigenvalue weighted by atomic mass is 9.94. The molecule has 9 rings (SSSR count). The van der Waals surface area contributed by atoms with E-state index in [-0.39, 0.29) is 5.75 Å². The summed E-state index contributed by atoms with van der Waals surface area (Å²) < 4.78 is 14.6. The molecule has 1 N–H and O–H groups in total. The van der Waals surface area contributed by atoms with E-state index in [0.717, 1.165) is 55.3 Å². The predicted molar refractivity (Wildman–Crippen MR) is 192 cm³/mol. The highest BCUT2D eigenvalue weighted by molar-refractivity contribution is 6.34. The smallest absolute Gasteiger partial charge is 0.135 e. The molecule has 2 aromatic heterocycles. The van der Waals surface area contributed by atoms with Crippen LogP contribution in [0.2, 0.25) is 0 Å². The van der Waals surface area contributed by atoms with Crippen molar-refractivity contribution in [3.05, 3.63) is 152 Å². The van der Waals surface area contributed by atoms with Gasteiger partial charge in [0.25, 0.3) is 0 Å². The van der Waals surface area contributed by atoms with Gasteiger partial charge < -0.3 is 18.8 Å². The molecule has 7 aromatic carbocycles. The summed E-state index contributed by atoms with van der Waals surface area (Å²) >= 11 is 0. The van der Waals surface area contributed by atoms with Gasteiger partial charge in [0, 0.05) is 38.9 Å². The van der Waals surface area contributed by atoms with Gasteiger partial charge in [0.2, 0.25) is 0 Å². The van der Waals surface area contributed by atoms with Crippen molar-refractivity contribution in [1.82, 2.24) is 4.57 Å². The van der Waals surface area contributed by atoms with Crippen molar-refractivity contribution in [3.63, 3.8) is 0 Å². The zero-order valence-corrected chi connectivity index (χ0v) is 25.2.